The minimum Gasteiger partial charge on any atom is -0.287 e. The summed E-state index contributed by atoms with van der Waals surface area (Å²) in [6.07, 6.45) is 0. The van der Waals surface area contributed by atoms with Crippen molar-refractivity contribution in [3.05, 3.63) is 108 Å². The molecule has 1 aromatic heterocycles. The Balaban J connectivity index is 1.79. The first-order valence-corrected chi connectivity index (χ1v) is 10.6. The van der Waals surface area contributed by atoms with Gasteiger partial charge in [-0.05, 0) is 18.2 Å². The summed E-state index contributed by atoms with van der Waals surface area (Å²) in [5.74, 6) is -0.491. The predicted molar refractivity (Wildman–Crippen MR) is 115 cm³/mol. The summed E-state index contributed by atoms with van der Waals surface area (Å²) in [6.45, 7) is 0. The minimum atomic E-state index is -3.91. The Morgan fingerprint density at radius 1 is 0.733 bits per heavy atom. The number of nitrogens with zero attached hydrogens (tertiary/aromatic N) is 2. The van der Waals surface area contributed by atoms with Crippen LogP contribution in [0.5, 0.6) is 0 Å². The maximum absolute atomic E-state index is 13.0. The maximum atomic E-state index is 13.0. The largest absolute Gasteiger partial charge is 0.287 e. The number of hydrogen-bond acceptors (Lipinski definition) is 5. The molecule has 7 heteroatoms. The van der Waals surface area contributed by atoms with Gasteiger partial charge >= 0.3 is 0 Å². The molecule has 0 aliphatic heterocycles. The van der Waals surface area contributed by atoms with E-state index in [9.17, 15) is 13.2 Å². The van der Waals surface area contributed by atoms with Crippen molar-refractivity contribution in [1.29, 1.82) is 0 Å². The van der Waals surface area contributed by atoms with Gasteiger partial charge in [0.15, 0.2) is 0 Å². The van der Waals surface area contributed by atoms with E-state index in [1.54, 1.807) is 48.5 Å². The molecule has 148 valence electrons. The summed E-state index contributed by atoms with van der Waals surface area (Å²) in [7, 11) is -3.91. The summed E-state index contributed by atoms with van der Waals surface area (Å²) < 4.78 is 27.8. The average Bonchev–Trinajstić information content (AvgIpc) is 2.80. The lowest BCUT2D eigenvalue weighted by molar-refractivity contribution is 0.103. The first kappa shape index (κ1) is 19.5. The van der Waals surface area contributed by atoms with E-state index in [1.165, 1.54) is 12.1 Å². The van der Waals surface area contributed by atoms with Gasteiger partial charge in [0.1, 0.15) is 5.69 Å². The van der Waals surface area contributed by atoms with Gasteiger partial charge < -0.3 is 0 Å². The molecule has 4 rings (SSSR count). The van der Waals surface area contributed by atoms with Gasteiger partial charge in [-0.1, -0.05) is 78.9 Å². The zero-order valence-corrected chi connectivity index (χ0v) is 16.6. The fourth-order valence-electron chi connectivity index (χ4n) is 2.88. The molecule has 0 aliphatic carbocycles. The number of benzene rings is 3. The fraction of sp³-hybridized carbons (Fsp3) is 0. The molecule has 3 aromatic carbocycles. The van der Waals surface area contributed by atoms with Gasteiger partial charge in [0, 0.05) is 11.1 Å². The van der Waals surface area contributed by atoms with Crippen LogP contribution >= 0.6 is 0 Å². The summed E-state index contributed by atoms with van der Waals surface area (Å²) in [4.78, 5) is 21.6. The third kappa shape index (κ3) is 4.26. The highest BCUT2D eigenvalue weighted by Gasteiger charge is 2.19. The molecule has 0 saturated carbocycles. The lowest BCUT2D eigenvalue weighted by atomic mass is 10.1. The number of anilines is 1. The lowest BCUT2D eigenvalue weighted by Crippen LogP contribution is -2.17. The van der Waals surface area contributed by atoms with Crippen molar-refractivity contribution in [1.82, 2.24) is 9.97 Å². The fourth-order valence-corrected chi connectivity index (χ4v) is 3.85. The molecule has 4 aromatic rings. The van der Waals surface area contributed by atoms with Gasteiger partial charge in [0.25, 0.3) is 10.0 Å². The third-order valence-corrected chi connectivity index (χ3v) is 5.69. The van der Waals surface area contributed by atoms with Gasteiger partial charge in [0.05, 0.1) is 10.6 Å². The normalized spacial score (nSPS) is 11.1. The topological polar surface area (TPSA) is 89.0 Å². The number of carbonyl (C=O) groups is 1. The van der Waals surface area contributed by atoms with Crippen molar-refractivity contribution in [2.75, 3.05) is 4.72 Å². The van der Waals surface area contributed by atoms with Crippen LogP contribution < -0.4 is 4.72 Å². The van der Waals surface area contributed by atoms with E-state index >= 15 is 0 Å². The summed E-state index contributed by atoms with van der Waals surface area (Å²) in [5.41, 5.74) is 1.73. The molecule has 0 fully saturated rings. The van der Waals surface area contributed by atoms with Crippen molar-refractivity contribution in [3.8, 4) is 11.3 Å². The SMILES string of the molecule is O=C(c1ccccc1)c1cc(-c2ccccc2)nc(NS(=O)(=O)c2ccccc2)n1. The van der Waals surface area contributed by atoms with Crippen molar-refractivity contribution in [2.45, 2.75) is 4.90 Å². The molecule has 0 aliphatic rings. The van der Waals surface area contributed by atoms with Crippen molar-refractivity contribution in [2.24, 2.45) is 0 Å². The smallest absolute Gasteiger partial charge is 0.264 e. The van der Waals surface area contributed by atoms with E-state index in [1.807, 2.05) is 36.4 Å². The second-order valence-electron chi connectivity index (χ2n) is 6.44. The van der Waals surface area contributed by atoms with E-state index in [4.69, 9.17) is 0 Å². The third-order valence-electron chi connectivity index (χ3n) is 4.34. The first-order chi connectivity index (χ1) is 14.5. The Morgan fingerprint density at radius 3 is 1.93 bits per heavy atom. The van der Waals surface area contributed by atoms with Crippen LogP contribution in [0.15, 0.2) is 102 Å². The Kier molecular flexibility index (Phi) is 5.36. The lowest BCUT2D eigenvalue weighted by Gasteiger charge is -2.10. The van der Waals surface area contributed by atoms with E-state index in [2.05, 4.69) is 14.7 Å². The zero-order chi connectivity index (χ0) is 21.0. The Labute approximate surface area is 174 Å². The van der Waals surface area contributed by atoms with E-state index in [0.717, 1.165) is 5.56 Å². The van der Waals surface area contributed by atoms with Gasteiger partial charge in [0.2, 0.25) is 11.7 Å². The minimum absolute atomic E-state index is 0.0784. The van der Waals surface area contributed by atoms with E-state index in [-0.39, 0.29) is 22.3 Å². The number of nitrogens with one attached hydrogen (secondary N) is 1. The van der Waals surface area contributed by atoms with Crippen molar-refractivity contribution in [3.63, 3.8) is 0 Å². The van der Waals surface area contributed by atoms with Crippen LogP contribution in [0.2, 0.25) is 0 Å². The van der Waals surface area contributed by atoms with Crippen LogP contribution in [0.3, 0.4) is 0 Å². The molecule has 0 saturated heterocycles. The van der Waals surface area contributed by atoms with Crippen molar-refractivity contribution < 1.29 is 13.2 Å². The van der Waals surface area contributed by atoms with Gasteiger partial charge in [-0.2, -0.15) is 0 Å². The molecule has 0 spiro atoms. The quantitative estimate of drug-likeness (QED) is 0.477. The standard InChI is InChI=1S/C23H17N3O3S/c27-22(18-12-6-2-7-13-18)21-16-20(17-10-4-1-5-11-17)24-23(25-21)26-30(28,29)19-14-8-3-9-15-19/h1-16H,(H,24,25,26). The predicted octanol–water partition coefficient (Wildman–Crippen LogP) is 4.18. The van der Waals surface area contributed by atoms with Crippen LogP contribution in [-0.2, 0) is 10.0 Å². The summed E-state index contributed by atoms with van der Waals surface area (Å²) in [5, 5.41) is 0. The Hall–Kier alpha value is -3.84. The van der Waals surface area contributed by atoms with Gasteiger partial charge in [-0.3, -0.25) is 4.79 Å². The Morgan fingerprint density at radius 2 is 1.30 bits per heavy atom. The molecule has 30 heavy (non-hydrogen) atoms. The summed E-state index contributed by atoms with van der Waals surface area (Å²) in [6, 6.07) is 27.4. The number of sulfonamides is 1. The van der Waals surface area contributed by atoms with E-state index in [0.29, 0.717) is 11.3 Å². The van der Waals surface area contributed by atoms with Gasteiger partial charge in [-0.15, -0.1) is 0 Å². The second-order valence-corrected chi connectivity index (χ2v) is 8.12. The number of carbonyl (C=O) groups excluding carboxylic acids is 1. The molecule has 1 heterocycles. The number of ketones is 1. The van der Waals surface area contributed by atoms with Gasteiger partial charge in [-0.25, -0.2) is 23.1 Å². The zero-order valence-electron chi connectivity index (χ0n) is 15.8. The van der Waals surface area contributed by atoms with Crippen LogP contribution in [0.4, 0.5) is 5.95 Å². The van der Waals surface area contributed by atoms with Crippen molar-refractivity contribution >= 4 is 21.8 Å². The second kappa shape index (κ2) is 8.26. The highest BCUT2D eigenvalue weighted by Crippen LogP contribution is 2.22. The number of rotatable bonds is 6. The maximum Gasteiger partial charge on any atom is 0.264 e. The summed E-state index contributed by atoms with van der Waals surface area (Å²) >= 11 is 0. The average molecular weight is 415 g/mol. The molecule has 0 unspecified atom stereocenters. The highest BCUT2D eigenvalue weighted by molar-refractivity contribution is 7.92. The number of aromatic nitrogens is 2. The molecule has 6 nitrogen and oxygen atoms in total. The van der Waals surface area contributed by atoms with E-state index < -0.39 is 10.0 Å². The molecule has 0 radical (unpaired) electrons. The molecule has 0 bridgehead atoms. The molecule has 0 amide bonds. The molecule has 0 atom stereocenters. The highest BCUT2D eigenvalue weighted by atomic mass is 32.2. The monoisotopic (exact) mass is 415 g/mol. The van der Waals surface area contributed by atoms with Crippen LogP contribution in [-0.4, -0.2) is 24.2 Å². The first-order valence-electron chi connectivity index (χ1n) is 9.15. The molecular weight excluding hydrogens is 398 g/mol. The van der Waals surface area contributed by atoms with Crippen LogP contribution in [0, 0.1) is 0 Å². The molecule has 1 N–H and O–H groups in total. The van der Waals surface area contributed by atoms with Crippen LogP contribution in [0.25, 0.3) is 11.3 Å². The Bertz CT molecular complexity index is 1280. The van der Waals surface area contributed by atoms with Crippen LogP contribution in [0.1, 0.15) is 16.1 Å². The number of hydrogen-bond donors (Lipinski definition) is 1. The molecular formula is C23H17N3O3S.